The van der Waals surface area contributed by atoms with Crippen LogP contribution in [-0.2, 0) is 4.79 Å². The largest absolute Gasteiger partial charge is 0.481 e. The van der Waals surface area contributed by atoms with Gasteiger partial charge in [0.25, 0.3) is 0 Å². The first-order valence-corrected chi connectivity index (χ1v) is 6.64. The molecule has 1 aromatic carbocycles. The summed E-state index contributed by atoms with van der Waals surface area (Å²) in [7, 11) is 0. The second-order valence-electron chi connectivity index (χ2n) is 4.83. The molecule has 0 aromatic heterocycles. The molecule has 1 aromatic rings. The standard InChI is InChI=1S/C14H15ClN2O2/c15-12-3-4-13(11(7-12)8-16)17-5-1-2-10(9-17)6-14(18)19/h3-4,7,10H,1-2,5-6,9H2,(H,18,19). The van der Waals surface area contributed by atoms with E-state index in [0.29, 0.717) is 17.1 Å². The van der Waals surface area contributed by atoms with Crippen molar-refractivity contribution in [3.05, 3.63) is 28.8 Å². The molecule has 1 aliphatic heterocycles. The van der Waals surface area contributed by atoms with Crippen LogP contribution in [0.3, 0.4) is 0 Å². The van der Waals surface area contributed by atoms with E-state index in [2.05, 4.69) is 11.0 Å². The fourth-order valence-corrected chi connectivity index (χ4v) is 2.74. The maximum Gasteiger partial charge on any atom is 0.303 e. The van der Waals surface area contributed by atoms with Gasteiger partial charge in [-0.15, -0.1) is 0 Å². The van der Waals surface area contributed by atoms with Crippen molar-refractivity contribution >= 4 is 23.3 Å². The van der Waals surface area contributed by atoms with Crippen LogP contribution in [0.1, 0.15) is 24.8 Å². The predicted molar refractivity (Wildman–Crippen MR) is 73.4 cm³/mol. The molecule has 1 heterocycles. The molecule has 100 valence electrons. The SMILES string of the molecule is N#Cc1cc(Cl)ccc1N1CCCC(CC(=O)O)C1. The molecule has 0 bridgehead atoms. The average molecular weight is 279 g/mol. The highest BCUT2D eigenvalue weighted by Crippen LogP contribution is 2.29. The zero-order chi connectivity index (χ0) is 13.8. The van der Waals surface area contributed by atoms with Crippen LogP contribution < -0.4 is 4.90 Å². The van der Waals surface area contributed by atoms with Crippen LogP contribution >= 0.6 is 11.6 Å². The van der Waals surface area contributed by atoms with E-state index < -0.39 is 5.97 Å². The van der Waals surface area contributed by atoms with Gasteiger partial charge in [0.05, 0.1) is 11.3 Å². The summed E-state index contributed by atoms with van der Waals surface area (Å²) in [6.45, 7) is 1.54. The zero-order valence-electron chi connectivity index (χ0n) is 10.5. The van der Waals surface area contributed by atoms with Crippen LogP contribution in [0.2, 0.25) is 5.02 Å². The first-order valence-electron chi connectivity index (χ1n) is 6.26. The molecule has 4 nitrogen and oxygen atoms in total. The monoisotopic (exact) mass is 278 g/mol. The Hall–Kier alpha value is -1.73. The summed E-state index contributed by atoms with van der Waals surface area (Å²) in [5.74, 6) is -0.614. The van der Waals surface area contributed by atoms with Crippen LogP contribution in [0, 0.1) is 17.2 Å². The van der Waals surface area contributed by atoms with Gasteiger partial charge in [-0.3, -0.25) is 4.79 Å². The highest BCUT2D eigenvalue weighted by Gasteiger charge is 2.23. The zero-order valence-corrected chi connectivity index (χ0v) is 11.2. The first-order chi connectivity index (χ1) is 9.10. The maximum absolute atomic E-state index is 10.8. The molecule has 1 unspecified atom stereocenters. The number of nitrogens with zero attached hydrogens (tertiary/aromatic N) is 2. The Morgan fingerprint density at radius 2 is 2.37 bits per heavy atom. The van der Waals surface area contributed by atoms with E-state index in [0.717, 1.165) is 25.1 Å². The Morgan fingerprint density at radius 1 is 1.58 bits per heavy atom. The Balaban J connectivity index is 2.17. The van der Waals surface area contributed by atoms with Gasteiger partial charge in [0.1, 0.15) is 6.07 Å². The lowest BCUT2D eigenvalue weighted by atomic mass is 9.94. The van der Waals surface area contributed by atoms with E-state index in [1.54, 1.807) is 12.1 Å². The molecule has 0 aliphatic carbocycles. The molecular weight excluding hydrogens is 264 g/mol. The molecule has 0 saturated carbocycles. The minimum Gasteiger partial charge on any atom is -0.481 e. The summed E-state index contributed by atoms with van der Waals surface area (Å²) >= 11 is 5.88. The second-order valence-corrected chi connectivity index (χ2v) is 5.26. The van der Waals surface area contributed by atoms with Gasteiger partial charge in [-0.25, -0.2) is 0 Å². The van der Waals surface area contributed by atoms with Crippen molar-refractivity contribution in [3.8, 4) is 6.07 Å². The van der Waals surface area contributed by atoms with Crippen molar-refractivity contribution in [1.29, 1.82) is 5.26 Å². The van der Waals surface area contributed by atoms with Gasteiger partial charge in [0.2, 0.25) is 0 Å². The molecule has 5 heteroatoms. The highest BCUT2D eigenvalue weighted by molar-refractivity contribution is 6.30. The number of hydrogen-bond acceptors (Lipinski definition) is 3. The Labute approximate surface area is 117 Å². The van der Waals surface area contributed by atoms with Crippen molar-refractivity contribution < 1.29 is 9.90 Å². The van der Waals surface area contributed by atoms with Gasteiger partial charge in [0.15, 0.2) is 0 Å². The third-order valence-electron chi connectivity index (χ3n) is 3.40. The molecule has 1 N–H and O–H groups in total. The van der Waals surface area contributed by atoms with E-state index in [9.17, 15) is 4.79 Å². The van der Waals surface area contributed by atoms with Crippen LogP contribution in [-0.4, -0.2) is 24.2 Å². The van der Waals surface area contributed by atoms with Crippen LogP contribution in [0.5, 0.6) is 0 Å². The van der Waals surface area contributed by atoms with E-state index in [4.69, 9.17) is 22.0 Å². The smallest absolute Gasteiger partial charge is 0.303 e. The molecule has 1 atom stereocenters. The summed E-state index contributed by atoms with van der Waals surface area (Å²) in [6, 6.07) is 7.40. The number of carbonyl (C=O) groups is 1. The minimum atomic E-state index is -0.761. The second kappa shape index (κ2) is 5.94. The summed E-state index contributed by atoms with van der Waals surface area (Å²) in [4.78, 5) is 12.9. The Morgan fingerprint density at radius 3 is 3.05 bits per heavy atom. The van der Waals surface area contributed by atoms with Gasteiger partial charge in [-0.05, 0) is 37.0 Å². The Kier molecular flexibility index (Phi) is 4.28. The lowest BCUT2D eigenvalue weighted by molar-refractivity contribution is -0.138. The number of carboxylic acids is 1. The molecule has 2 rings (SSSR count). The number of rotatable bonds is 3. The minimum absolute atomic E-state index is 0.147. The van der Waals surface area contributed by atoms with E-state index in [-0.39, 0.29) is 12.3 Å². The number of piperidine rings is 1. The number of aliphatic carboxylic acids is 1. The lowest BCUT2D eigenvalue weighted by Gasteiger charge is -2.34. The summed E-state index contributed by atoms with van der Waals surface area (Å²) in [6.07, 6.45) is 2.07. The number of hydrogen-bond donors (Lipinski definition) is 1. The van der Waals surface area contributed by atoms with Gasteiger partial charge in [-0.1, -0.05) is 11.6 Å². The topological polar surface area (TPSA) is 64.3 Å². The van der Waals surface area contributed by atoms with Crippen LogP contribution in [0.4, 0.5) is 5.69 Å². The normalized spacial score (nSPS) is 18.9. The van der Waals surface area contributed by atoms with Gasteiger partial charge >= 0.3 is 5.97 Å². The number of carboxylic acid groups (broad SMARTS) is 1. The molecule has 1 aliphatic rings. The maximum atomic E-state index is 10.8. The fraction of sp³-hybridized carbons (Fsp3) is 0.429. The van der Waals surface area contributed by atoms with Gasteiger partial charge < -0.3 is 10.0 Å². The fourth-order valence-electron chi connectivity index (χ4n) is 2.57. The van der Waals surface area contributed by atoms with Crippen molar-refractivity contribution in [1.82, 2.24) is 0 Å². The predicted octanol–water partition coefficient (Wildman–Crippen LogP) is 2.90. The summed E-state index contributed by atoms with van der Waals surface area (Å²) < 4.78 is 0. The number of anilines is 1. The van der Waals surface area contributed by atoms with Crippen molar-refractivity contribution in [2.45, 2.75) is 19.3 Å². The third-order valence-corrected chi connectivity index (χ3v) is 3.64. The number of nitriles is 1. The number of benzene rings is 1. The quantitative estimate of drug-likeness (QED) is 0.923. The molecule has 0 spiro atoms. The van der Waals surface area contributed by atoms with E-state index in [1.807, 2.05) is 6.07 Å². The van der Waals surface area contributed by atoms with E-state index >= 15 is 0 Å². The molecule has 19 heavy (non-hydrogen) atoms. The van der Waals surface area contributed by atoms with Crippen molar-refractivity contribution in [2.75, 3.05) is 18.0 Å². The lowest BCUT2D eigenvalue weighted by Crippen LogP contribution is -2.36. The van der Waals surface area contributed by atoms with Gasteiger partial charge in [0, 0.05) is 24.5 Å². The molecular formula is C14H15ClN2O2. The Bertz CT molecular complexity index is 525. The third kappa shape index (κ3) is 3.39. The first kappa shape index (κ1) is 13.7. The average Bonchev–Trinajstić information content (AvgIpc) is 2.38. The number of halogens is 1. The van der Waals surface area contributed by atoms with Crippen molar-refractivity contribution in [3.63, 3.8) is 0 Å². The molecule has 0 amide bonds. The van der Waals surface area contributed by atoms with Crippen LogP contribution in [0.15, 0.2) is 18.2 Å². The molecule has 0 radical (unpaired) electrons. The van der Waals surface area contributed by atoms with Crippen LogP contribution in [0.25, 0.3) is 0 Å². The van der Waals surface area contributed by atoms with E-state index in [1.165, 1.54) is 0 Å². The molecule has 1 saturated heterocycles. The summed E-state index contributed by atoms with van der Waals surface area (Å²) in [5, 5.41) is 18.6. The molecule has 1 fully saturated rings. The van der Waals surface area contributed by atoms with Crippen molar-refractivity contribution in [2.24, 2.45) is 5.92 Å². The summed E-state index contributed by atoms with van der Waals surface area (Å²) in [5.41, 5.74) is 1.39. The van der Waals surface area contributed by atoms with Gasteiger partial charge in [-0.2, -0.15) is 5.26 Å². The highest BCUT2D eigenvalue weighted by atomic mass is 35.5.